The van der Waals surface area contributed by atoms with Crippen LogP contribution in [0.15, 0.2) is 143 Å². The monoisotopic (exact) mass is 572 g/mol. The van der Waals surface area contributed by atoms with Crippen LogP contribution in [-0.4, -0.2) is 16.4 Å². The summed E-state index contributed by atoms with van der Waals surface area (Å²) in [5, 5.41) is 24.6. The van der Waals surface area contributed by atoms with Crippen LogP contribution in [0.5, 0.6) is 11.5 Å². The Balaban J connectivity index is 1.22. The predicted molar refractivity (Wildman–Crippen MR) is 176 cm³/mol. The van der Waals surface area contributed by atoms with Gasteiger partial charge in [0.2, 0.25) is 0 Å². The van der Waals surface area contributed by atoms with Crippen LogP contribution in [0.25, 0.3) is 22.3 Å². The zero-order valence-electron chi connectivity index (χ0n) is 23.2. The molecule has 5 heteroatoms. The summed E-state index contributed by atoms with van der Waals surface area (Å²) in [5.74, 6) is -0.398. The summed E-state index contributed by atoms with van der Waals surface area (Å²) in [5.41, 5.74) is 1.68. The molecule has 0 amide bonds. The van der Waals surface area contributed by atoms with E-state index in [0.29, 0.717) is 5.76 Å². The van der Waals surface area contributed by atoms with E-state index in [1.807, 2.05) is 12.1 Å². The molecule has 0 fully saturated rings. The molecule has 1 heterocycles. The molecular formula is C37H33O4P. The number of hydrogen-bond donors (Lipinski definition) is 2. The number of hydrogen-bond acceptors (Lipinski definition) is 4. The van der Waals surface area contributed by atoms with Crippen molar-refractivity contribution in [2.75, 3.05) is 6.16 Å². The maximum absolute atomic E-state index is 12.6. The van der Waals surface area contributed by atoms with Crippen LogP contribution in [0.1, 0.15) is 18.4 Å². The van der Waals surface area contributed by atoms with E-state index >= 15 is 0 Å². The standard InChI is InChI=1S/C37H33O4P/c38-33-24-23-32-34(39)26-35(41-37(32)36(33)40)28-21-19-27(20-22-28)12-10-11-25-42(29-13-4-1-5-14-29,30-15-6-2-7-16-30)31-17-8-3-9-18-31/h1-9,13-24,26,38,40,42H,10-12,25H2. The van der Waals surface area contributed by atoms with E-state index in [9.17, 15) is 15.0 Å². The van der Waals surface area contributed by atoms with E-state index in [1.165, 1.54) is 39.7 Å². The van der Waals surface area contributed by atoms with E-state index in [-0.39, 0.29) is 22.1 Å². The summed E-state index contributed by atoms with van der Waals surface area (Å²) in [4.78, 5) is 12.6. The molecule has 0 spiro atoms. The second-order valence-corrected chi connectivity index (χ2v) is 14.7. The predicted octanol–water partition coefficient (Wildman–Crippen LogP) is 6.92. The summed E-state index contributed by atoms with van der Waals surface area (Å²) in [7, 11) is -2.23. The molecule has 0 aliphatic rings. The quantitative estimate of drug-likeness (QED) is 0.112. The van der Waals surface area contributed by atoms with Crippen molar-refractivity contribution in [3.63, 3.8) is 0 Å². The van der Waals surface area contributed by atoms with E-state index in [2.05, 4.69) is 103 Å². The van der Waals surface area contributed by atoms with Crippen molar-refractivity contribution in [1.82, 2.24) is 0 Å². The fraction of sp³-hybridized carbons (Fsp3) is 0.108. The molecule has 6 aromatic rings. The van der Waals surface area contributed by atoms with Gasteiger partial charge in [-0.1, -0.05) is 0 Å². The topological polar surface area (TPSA) is 70.7 Å². The molecule has 1 aromatic heterocycles. The van der Waals surface area contributed by atoms with E-state index < -0.39 is 13.0 Å². The van der Waals surface area contributed by atoms with Gasteiger partial charge in [-0.15, -0.1) is 0 Å². The van der Waals surface area contributed by atoms with Crippen molar-refractivity contribution >= 4 is 34.1 Å². The molecule has 0 aliphatic carbocycles. The second-order valence-electron chi connectivity index (χ2n) is 10.7. The smallest absolute Gasteiger partial charge is 0.504 e. The Labute approximate surface area is 245 Å². The zero-order valence-corrected chi connectivity index (χ0v) is 24.2. The molecule has 210 valence electrons. The Kier molecular flexibility index (Phi) is 7.90. The number of benzene rings is 5. The fourth-order valence-electron chi connectivity index (χ4n) is 5.99. The van der Waals surface area contributed by atoms with Crippen molar-refractivity contribution in [2.45, 2.75) is 19.3 Å². The van der Waals surface area contributed by atoms with Gasteiger partial charge in [-0.3, -0.25) is 0 Å². The maximum atomic E-state index is 12.6. The van der Waals surface area contributed by atoms with Crippen LogP contribution < -0.4 is 21.3 Å². The SMILES string of the molecule is O=c1cc(-c2ccc(CCCC[PH](c3ccccc3)(c3ccccc3)c3ccccc3)cc2)oc2c(O)c(O)ccc12. The Hall–Kier alpha value is -4.66. The first-order valence-corrected chi connectivity index (χ1v) is 16.5. The van der Waals surface area contributed by atoms with Gasteiger partial charge < -0.3 is 10.2 Å². The number of fused-ring (bicyclic) bond motifs is 1. The van der Waals surface area contributed by atoms with E-state index in [1.54, 1.807) is 0 Å². The van der Waals surface area contributed by atoms with Gasteiger partial charge in [0.05, 0.1) is 0 Å². The van der Waals surface area contributed by atoms with Gasteiger partial charge in [-0.2, -0.15) is 0 Å². The summed E-state index contributed by atoms with van der Waals surface area (Å²) < 4.78 is 5.84. The molecule has 2 N–H and O–H groups in total. The molecule has 0 saturated heterocycles. The molecule has 0 radical (unpaired) electrons. The normalized spacial score (nSPS) is 11.9. The number of unbranched alkanes of at least 4 members (excludes halogenated alkanes) is 1. The fourth-order valence-corrected chi connectivity index (χ4v) is 10.9. The average molecular weight is 573 g/mol. The van der Waals surface area contributed by atoms with Gasteiger partial charge in [0.15, 0.2) is 5.75 Å². The van der Waals surface area contributed by atoms with Crippen LogP contribution in [0.4, 0.5) is 0 Å². The van der Waals surface area contributed by atoms with E-state index in [0.717, 1.165) is 31.0 Å². The molecule has 0 bridgehead atoms. The molecule has 0 saturated carbocycles. The Morgan fingerprint density at radius 3 is 1.71 bits per heavy atom. The van der Waals surface area contributed by atoms with Crippen molar-refractivity contribution in [1.29, 1.82) is 0 Å². The number of phenols is 2. The first-order valence-electron chi connectivity index (χ1n) is 14.3. The second kappa shape index (κ2) is 12.1. The first kappa shape index (κ1) is 27.5. The number of aryl methyl sites for hydroxylation is 1. The van der Waals surface area contributed by atoms with Gasteiger partial charge in [-0.05, 0) is 12.1 Å². The summed E-state index contributed by atoms with van der Waals surface area (Å²) in [6.07, 6.45) is 4.20. The first-order chi connectivity index (χ1) is 20.6. The van der Waals surface area contributed by atoms with Crippen LogP contribution in [-0.2, 0) is 6.42 Å². The Morgan fingerprint density at radius 2 is 1.17 bits per heavy atom. The summed E-state index contributed by atoms with van der Waals surface area (Å²) >= 11 is 0. The third-order valence-corrected chi connectivity index (χ3v) is 13.2. The van der Waals surface area contributed by atoms with Gasteiger partial charge in [0.25, 0.3) is 0 Å². The van der Waals surface area contributed by atoms with Crippen molar-refractivity contribution in [3.8, 4) is 22.8 Å². The third kappa shape index (κ3) is 5.34. The molecule has 6 rings (SSSR count). The van der Waals surface area contributed by atoms with Gasteiger partial charge in [0, 0.05) is 0 Å². The molecular weight excluding hydrogens is 539 g/mol. The molecule has 5 aromatic carbocycles. The molecule has 0 aliphatic heterocycles. The van der Waals surface area contributed by atoms with Crippen molar-refractivity contribution in [3.05, 3.63) is 149 Å². The number of phenolic OH excluding ortho intramolecular Hbond substituents is 2. The molecule has 0 atom stereocenters. The van der Waals surface area contributed by atoms with Crippen LogP contribution in [0, 0.1) is 0 Å². The average Bonchev–Trinajstić information content (AvgIpc) is 3.05. The minimum atomic E-state index is -2.23. The van der Waals surface area contributed by atoms with Gasteiger partial charge >= 0.3 is 218 Å². The number of rotatable bonds is 9. The van der Waals surface area contributed by atoms with Gasteiger partial charge in [0.1, 0.15) is 0 Å². The minimum Gasteiger partial charge on any atom is -0.504 e. The van der Waals surface area contributed by atoms with E-state index in [4.69, 9.17) is 4.42 Å². The number of aromatic hydroxyl groups is 2. The molecule has 4 nitrogen and oxygen atoms in total. The minimum absolute atomic E-state index is 0.00975. The van der Waals surface area contributed by atoms with Gasteiger partial charge in [-0.25, -0.2) is 0 Å². The Bertz CT molecular complexity index is 1750. The van der Waals surface area contributed by atoms with Crippen molar-refractivity contribution < 1.29 is 14.6 Å². The van der Waals surface area contributed by atoms with Crippen LogP contribution in [0.2, 0.25) is 0 Å². The summed E-state index contributed by atoms with van der Waals surface area (Å²) in [6.45, 7) is 0. The van der Waals surface area contributed by atoms with Crippen LogP contribution >= 0.6 is 7.26 Å². The van der Waals surface area contributed by atoms with Crippen LogP contribution in [0.3, 0.4) is 0 Å². The Morgan fingerprint density at radius 1 is 0.619 bits per heavy atom. The zero-order chi connectivity index (χ0) is 28.9. The van der Waals surface area contributed by atoms with Crippen molar-refractivity contribution in [2.24, 2.45) is 0 Å². The third-order valence-electron chi connectivity index (χ3n) is 8.16. The molecule has 42 heavy (non-hydrogen) atoms. The molecule has 0 unspecified atom stereocenters. The summed E-state index contributed by atoms with van der Waals surface area (Å²) in [6, 6.07) is 45.2.